The molecule has 1 atom stereocenters. The number of nitrogens with one attached hydrogen (secondary N) is 1. The highest BCUT2D eigenvalue weighted by Gasteiger charge is 2.08. The van der Waals surface area contributed by atoms with Crippen molar-refractivity contribution in [2.75, 3.05) is 24.8 Å². The Morgan fingerprint density at radius 3 is 3.00 bits per heavy atom. The van der Waals surface area contributed by atoms with Gasteiger partial charge >= 0.3 is 0 Å². The second-order valence-corrected chi connectivity index (χ2v) is 4.10. The molecule has 0 aliphatic rings. The Morgan fingerprint density at radius 1 is 1.64 bits per heavy atom. The third kappa shape index (κ3) is 3.20. The summed E-state index contributed by atoms with van der Waals surface area (Å²) in [7, 11) is 1.98. The summed E-state index contributed by atoms with van der Waals surface area (Å²) in [5, 5.41) is 3.27. The van der Waals surface area contributed by atoms with Gasteiger partial charge in [0, 0.05) is 18.0 Å². The van der Waals surface area contributed by atoms with Crippen LogP contribution in [0.4, 0.5) is 5.82 Å². The first-order valence-electron chi connectivity index (χ1n) is 4.63. The van der Waals surface area contributed by atoms with Gasteiger partial charge in [-0.15, -0.1) is 0 Å². The first kappa shape index (κ1) is 11.3. The zero-order valence-corrected chi connectivity index (χ0v) is 9.47. The first-order chi connectivity index (χ1) is 6.77. The summed E-state index contributed by atoms with van der Waals surface area (Å²) < 4.78 is 0. The molecule has 0 amide bonds. The Morgan fingerprint density at radius 2 is 2.43 bits per heavy atom. The quantitative estimate of drug-likeness (QED) is 0.767. The van der Waals surface area contributed by atoms with E-state index in [9.17, 15) is 0 Å². The monoisotopic (exact) mass is 211 g/mol. The lowest BCUT2D eigenvalue weighted by molar-refractivity contribution is 0.617. The minimum Gasteiger partial charge on any atom is -0.383 e. The van der Waals surface area contributed by atoms with Crippen molar-refractivity contribution in [2.24, 2.45) is 0 Å². The van der Waals surface area contributed by atoms with Crippen LogP contribution in [0.3, 0.4) is 0 Å². The first-order valence-corrected chi connectivity index (χ1v) is 6.03. The number of pyridine rings is 1. The second-order valence-electron chi connectivity index (χ2n) is 3.19. The Bertz CT molecular complexity index is 278. The molecule has 14 heavy (non-hydrogen) atoms. The topological polar surface area (TPSA) is 50.9 Å². The van der Waals surface area contributed by atoms with E-state index in [0.29, 0.717) is 11.9 Å². The molecule has 1 aromatic rings. The fraction of sp³-hybridized carbons (Fsp3) is 0.500. The SMILES string of the molecule is CNC(CSC)Cc1cccnc1N. The second kappa shape index (κ2) is 5.88. The van der Waals surface area contributed by atoms with E-state index < -0.39 is 0 Å². The highest BCUT2D eigenvalue weighted by Crippen LogP contribution is 2.11. The maximum Gasteiger partial charge on any atom is 0.126 e. The molecular formula is C10H17N3S. The van der Waals surface area contributed by atoms with E-state index in [-0.39, 0.29) is 0 Å². The van der Waals surface area contributed by atoms with Crippen molar-refractivity contribution in [3.05, 3.63) is 23.9 Å². The molecule has 78 valence electrons. The van der Waals surface area contributed by atoms with Gasteiger partial charge in [-0.25, -0.2) is 4.98 Å². The normalized spacial score (nSPS) is 12.7. The molecule has 0 aliphatic heterocycles. The Kier molecular flexibility index (Phi) is 4.76. The van der Waals surface area contributed by atoms with E-state index in [0.717, 1.165) is 17.7 Å². The smallest absolute Gasteiger partial charge is 0.126 e. The molecule has 0 radical (unpaired) electrons. The number of thioether (sulfide) groups is 1. The molecule has 1 unspecified atom stereocenters. The van der Waals surface area contributed by atoms with Crippen molar-refractivity contribution in [3.8, 4) is 0 Å². The molecule has 1 aromatic heterocycles. The zero-order chi connectivity index (χ0) is 10.4. The molecule has 0 bridgehead atoms. The number of nitrogens with zero attached hydrogens (tertiary/aromatic N) is 1. The van der Waals surface area contributed by atoms with E-state index >= 15 is 0 Å². The van der Waals surface area contributed by atoms with Crippen molar-refractivity contribution in [1.82, 2.24) is 10.3 Å². The number of aromatic nitrogens is 1. The Hall–Kier alpha value is -0.740. The summed E-state index contributed by atoms with van der Waals surface area (Å²) in [6.07, 6.45) is 4.77. The highest BCUT2D eigenvalue weighted by molar-refractivity contribution is 7.98. The standard InChI is InChI=1S/C10H17N3S/c1-12-9(7-14-2)6-8-4-3-5-13-10(8)11/h3-5,9,12H,6-7H2,1-2H3,(H2,11,13). The van der Waals surface area contributed by atoms with Gasteiger partial charge < -0.3 is 11.1 Å². The molecule has 0 fully saturated rings. The van der Waals surface area contributed by atoms with Crippen molar-refractivity contribution >= 4 is 17.6 Å². The van der Waals surface area contributed by atoms with Gasteiger partial charge in [0.1, 0.15) is 5.82 Å². The summed E-state index contributed by atoms with van der Waals surface area (Å²) >= 11 is 1.84. The number of anilines is 1. The molecular weight excluding hydrogens is 194 g/mol. The van der Waals surface area contributed by atoms with E-state index in [2.05, 4.69) is 16.6 Å². The molecule has 0 spiro atoms. The summed E-state index contributed by atoms with van der Waals surface area (Å²) in [5.41, 5.74) is 6.90. The zero-order valence-electron chi connectivity index (χ0n) is 8.66. The average Bonchev–Trinajstić information content (AvgIpc) is 2.20. The van der Waals surface area contributed by atoms with Crippen molar-refractivity contribution in [3.63, 3.8) is 0 Å². The predicted octanol–water partition coefficient (Wildman–Crippen LogP) is 1.16. The lowest BCUT2D eigenvalue weighted by atomic mass is 10.1. The fourth-order valence-corrected chi connectivity index (χ4v) is 2.02. The van der Waals surface area contributed by atoms with E-state index in [4.69, 9.17) is 5.73 Å². The van der Waals surface area contributed by atoms with Crippen LogP contribution in [0.5, 0.6) is 0 Å². The van der Waals surface area contributed by atoms with E-state index in [1.807, 2.05) is 30.9 Å². The lowest BCUT2D eigenvalue weighted by Gasteiger charge is -2.15. The summed E-state index contributed by atoms with van der Waals surface area (Å²) in [6.45, 7) is 0. The molecule has 4 heteroatoms. The number of rotatable bonds is 5. The predicted molar refractivity (Wildman–Crippen MR) is 63.6 cm³/mol. The molecule has 0 aliphatic carbocycles. The molecule has 3 N–H and O–H groups in total. The number of hydrogen-bond acceptors (Lipinski definition) is 4. The van der Waals surface area contributed by atoms with Crippen LogP contribution in [0.1, 0.15) is 5.56 Å². The van der Waals surface area contributed by atoms with Gasteiger partial charge in [-0.2, -0.15) is 11.8 Å². The van der Waals surface area contributed by atoms with E-state index in [1.165, 1.54) is 0 Å². The summed E-state index contributed by atoms with van der Waals surface area (Å²) in [6, 6.07) is 4.43. The molecule has 0 saturated heterocycles. The number of nitrogens with two attached hydrogens (primary N) is 1. The maximum absolute atomic E-state index is 5.77. The van der Waals surface area contributed by atoms with Gasteiger partial charge in [0.25, 0.3) is 0 Å². The maximum atomic E-state index is 5.77. The van der Waals surface area contributed by atoms with Crippen LogP contribution in [-0.2, 0) is 6.42 Å². The van der Waals surface area contributed by atoms with Crippen molar-refractivity contribution in [1.29, 1.82) is 0 Å². The van der Waals surface area contributed by atoms with Crippen LogP contribution in [0.15, 0.2) is 18.3 Å². The third-order valence-corrected chi connectivity index (χ3v) is 2.90. The van der Waals surface area contributed by atoms with Gasteiger partial charge in [0.15, 0.2) is 0 Å². The van der Waals surface area contributed by atoms with Crippen LogP contribution < -0.4 is 11.1 Å². The largest absolute Gasteiger partial charge is 0.383 e. The van der Waals surface area contributed by atoms with Crippen LogP contribution in [0, 0.1) is 0 Å². The lowest BCUT2D eigenvalue weighted by Crippen LogP contribution is -2.30. The van der Waals surface area contributed by atoms with Gasteiger partial charge in [0.05, 0.1) is 0 Å². The van der Waals surface area contributed by atoms with E-state index in [1.54, 1.807) is 6.20 Å². The average molecular weight is 211 g/mol. The fourth-order valence-electron chi connectivity index (χ4n) is 1.33. The van der Waals surface area contributed by atoms with Crippen molar-refractivity contribution in [2.45, 2.75) is 12.5 Å². The molecule has 1 heterocycles. The molecule has 0 saturated carbocycles. The van der Waals surface area contributed by atoms with Gasteiger partial charge in [0.2, 0.25) is 0 Å². The Labute approximate surface area is 89.5 Å². The Balaban J connectivity index is 2.62. The summed E-state index contributed by atoms with van der Waals surface area (Å²) in [4.78, 5) is 4.07. The number of hydrogen-bond donors (Lipinski definition) is 2. The minimum atomic E-state index is 0.469. The van der Waals surface area contributed by atoms with Gasteiger partial charge in [-0.05, 0) is 31.4 Å². The van der Waals surface area contributed by atoms with Gasteiger partial charge in [-0.3, -0.25) is 0 Å². The van der Waals surface area contributed by atoms with Crippen LogP contribution in [0.2, 0.25) is 0 Å². The summed E-state index contributed by atoms with van der Waals surface area (Å²) in [5.74, 6) is 1.74. The number of nitrogen functional groups attached to an aromatic ring is 1. The van der Waals surface area contributed by atoms with Gasteiger partial charge in [-0.1, -0.05) is 6.07 Å². The third-order valence-electron chi connectivity index (χ3n) is 2.17. The minimum absolute atomic E-state index is 0.469. The van der Waals surface area contributed by atoms with Crippen LogP contribution >= 0.6 is 11.8 Å². The van der Waals surface area contributed by atoms with Crippen molar-refractivity contribution < 1.29 is 0 Å². The molecule has 0 aromatic carbocycles. The molecule has 1 rings (SSSR count). The van der Waals surface area contributed by atoms with Crippen LogP contribution in [-0.4, -0.2) is 30.1 Å². The van der Waals surface area contributed by atoms with Crippen LogP contribution in [0.25, 0.3) is 0 Å². The number of likely N-dealkylation sites (N-methyl/N-ethyl adjacent to an activating group) is 1. The highest BCUT2D eigenvalue weighted by atomic mass is 32.2. The molecule has 3 nitrogen and oxygen atoms in total.